The van der Waals surface area contributed by atoms with E-state index in [1.54, 1.807) is 0 Å². The molecule has 1 nitrogen and oxygen atoms in total. The fourth-order valence-electron chi connectivity index (χ4n) is 4.51. The molecule has 116 valence electrons. The second-order valence-corrected chi connectivity index (χ2v) is 7.40. The van der Waals surface area contributed by atoms with Gasteiger partial charge in [0.2, 0.25) is 0 Å². The summed E-state index contributed by atoms with van der Waals surface area (Å²) in [5, 5.41) is 3.90. The number of anilines is 1. The Bertz CT molecular complexity index is 459. The average molecular weight is 285 g/mol. The van der Waals surface area contributed by atoms with Crippen molar-refractivity contribution in [2.75, 3.05) is 5.32 Å². The van der Waals surface area contributed by atoms with Crippen molar-refractivity contribution in [3.05, 3.63) is 29.3 Å². The molecule has 21 heavy (non-hydrogen) atoms. The van der Waals surface area contributed by atoms with E-state index < -0.39 is 0 Å². The fraction of sp³-hybridized carbons (Fsp3) is 0.700. The van der Waals surface area contributed by atoms with Crippen molar-refractivity contribution in [2.24, 2.45) is 11.8 Å². The van der Waals surface area contributed by atoms with Crippen molar-refractivity contribution in [1.29, 1.82) is 0 Å². The summed E-state index contributed by atoms with van der Waals surface area (Å²) in [4.78, 5) is 0. The molecule has 0 bridgehead atoms. The summed E-state index contributed by atoms with van der Waals surface area (Å²) in [6.07, 6.45) is 13.1. The van der Waals surface area contributed by atoms with E-state index in [9.17, 15) is 0 Å². The van der Waals surface area contributed by atoms with E-state index in [0.29, 0.717) is 6.04 Å². The zero-order valence-corrected chi connectivity index (χ0v) is 13.8. The summed E-state index contributed by atoms with van der Waals surface area (Å²) >= 11 is 0. The lowest BCUT2D eigenvalue weighted by atomic mass is 9.71. The van der Waals surface area contributed by atoms with E-state index in [0.717, 1.165) is 11.8 Å². The second-order valence-electron chi connectivity index (χ2n) is 7.40. The first-order valence-corrected chi connectivity index (χ1v) is 9.08. The molecule has 0 saturated heterocycles. The SMILES string of the molecule is Cc1ccc(NC2CCCCC2C2CCCCC2)cc1C. The van der Waals surface area contributed by atoms with Gasteiger partial charge in [-0.25, -0.2) is 0 Å². The number of benzene rings is 1. The summed E-state index contributed by atoms with van der Waals surface area (Å²) in [5.74, 6) is 1.91. The predicted molar refractivity (Wildman–Crippen MR) is 91.9 cm³/mol. The number of aryl methyl sites for hydroxylation is 2. The highest BCUT2D eigenvalue weighted by Crippen LogP contribution is 2.39. The van der Waals surface area contributed by atoms with Crippen LogP contribution in [0.2, 0.25) is 0 Å². The normalized spacial score (nSPS) is 27.5. The summed E-state index contributed by atoms with van der Waals surface area (Å²) < 4.78 is 0. The van der Waals surface area contributed by atoms with Crippen LogP contribution in [0.1, 0.15) is 68.9 Å². The van der Waals surface area contributed by atoms with Crippen LogP contribution in [0.15, 0.2) is 18.2 Å². The highest BCUT2D eigenvalue weighted by molar-refractivity contribution is 5.49. The molecule has 2 aliphatic rings. The molecule has 0 amide bonds. The van der Waals surface area contributed by atoms with Gasteiger partial charge in [-0.2, -0.15) is 0 Å². The van der Waals surface area contributed by atoms with Crippen LogP contribution in [0.3, 0.4) is 0 Å². The van der Waals surface area contributed by atoms with Gasteiger partial charge in [0, 0.05) is 11.7 Å². The first kappa shape index (κ1) is 14.9. The molecule has 2 aliphatic carbocycles. The lowest BCUT2D eigenvalue weighted by molar-refractivity contribution is 0.180. The molecule has 0 heterocycles. The molecule has 2 fully saturated rings. The molecule has 2 atom stereocenters. The first-order valence-electron chi connectivity index (χ1n) is 9.08. The predicted octanol–water partition coefficient (Wildman–Crippen LogP) is 5.85. The van der Waals surface area contributed by atoms with Crippen LogP contribution in [0.4, 0.5) is 5.69 Å². The minimum Gasteiger partial charge on any atom is -0.382 e. The third kappa shape index (κ3) is 3.62. The smallest absolute Gasteiger partial charge is 0.0345 e. The molecule has 2 unspecified atom stereocenters. The van der Waals surface area contributed by atoms with E-state index >= 15 is 0 Å². The van der Waals surface area contributed by atoms with Crippen LogP contribution >= 0.6 is 0 Å². The first-order chi connectivity index (χ1) is 10.2. The molecule has 0 radical (unpaired) electrons. The molecule has 1 aromatic rings. The largest absolute Gasteiger partial charge is 0.382 e. The van der Waals surface area contributed by atoms with Crippen molar-refractivity contribution in [3.63, 3.8) is 0 Å². The topological polar surface area (TPSA) is 12.0 Å². The van der Waals surface area contributed by atoms with E-state index in [2.05, 4.69) is 37.4 Å². The lowest BCUT2D eigenvalue weighted by Gasteiger charge is -2.40. The zero-order chi connectivity index (χ0) is 14.7. The Balaban J connectivity index is 1.69. The Hall–Kier alpha value is -0.980. The Morgan fingerprint density at radius 3 is 2.29 bits per heavy atom. The zero-order valence-electron chi connectivity index (χ0n) is 13.8. The van der Waals surface area contributed by atoms with Crippen LogP contribution in [-0.2, 0) is 0 Å². The molecule has 3 rings (SSSR count). The van der Waals surface area contributed by atoms with Gasteiger partial charge < -0.3 is 5.32 Å². The number of hydrogen-bond donors (Lipinski definition) is 1. The maximum atomic E-state index is 3.90. The van der Waals surface area contributed by atoms with Gasteiger partial charge in [0.15, 0.2) is 0 Å². The monoisotopic (exact) mass is 285 g/mol. The number of hydrogen-bond acceptors (Lipinski definition) is 1. The minimum absolute atomic E-state index is 0.712. The molecule has 0 spiro atoms. The van der Waals surface area contributed by atoms with E-state index in [1.807, 2.05) is 0 Å². The Morgan fingerprint density at radius 1 is 0.810 bits per heavy atom. The van der Waals surface area contributed by atoms with Crippen molar-refractivity contribution in [1.82, 2.24) is 0 Å². The molecule has 1 heteroatoms. The molecule has 1 N–H and O–H groups in total. The van der Waals surface area contributed by atoms with E-state index in [4.69, 9.17) is 0 Å². The summed E-state index contributed by atoms with van der Waals surface area (Å²) in [7, 11) is 0. The third-order valence-corrected chi connectivity index (χ3v) is 5.93. The maximum Gasteiger partial charge on any atom is 0.0345 e. The average Bonchev–Trinajstić information content (AvgIpc) is 2.52. The summed E-state index contributed by atoms with van der Waals surface area (Å²) in [6, 6.07) is 7.58. The van der Waals surface area contributed by atoms with Gasteiger partial charge in [-0.15, -0.1) is 0 Å². The van der Waals surface area contributed by atoms with Gasteiger partial charge in [0.05, 0.1) is 0 Å². The van der Waals surface area contributed by atoms with Gasteiger partial charge in [-0.3, -0.25) is 0 Å². The molecule has 2 saturated carbocycles. The van der Waals surface area contributed by atoms with Crippen molar-refractivity contribution in [2.45, 2.75) is 77.7 Å². The Labute approximate surface area is 130 Å². The quantitative estimate of drug-likeness (QED) is 0.734. The molecular formula is C20H31N. The van der Waals surface area contributed by atoms with Crippen LogP contribution in [0, 0.1) is 25.7 Å². The highest BCUT2D eigenvalue weighted by atomic mass is 14.9. The van der Waals surface area contributed by atoms with Crippen LogP contribution in [0.5, 0.6) is 0 Å². The molecule has 0 aromatic heterocycles. The second kappa shape index (κ2) is 6.85. The minimum atomic E-state index is 0.712. The molecule has 1 aromatic carbocycles. The molecular weight excluding hydrogens is 254 g/mol. The molecule has 0 aliphatic heterocycles. The van der Waals surface area contributed by atoms with E-state index in [1.165, 1.54) is 74.6 Å². The van der Waals surface area contributed by atoms with Crippen LogP contribution in [-0.4, -0.2) is 6.04 Å². The maximum absolute atomic E-state index is 3.90. The van der Waals surface area contributed by atoms with Gasteiger partial charge in [0.25, 0.3) is 0 Å². The van der Waals surface area contributed by atoms with Crippen molar-refractivity contribution >= 4 is 5.69 Å². The third-order valence-electron chi connectivity index (χ3n) is 5.93. The Kier molecular flexibility index (Phi) is 4.87. The number of rotatable bonds is 3. The highest BCUT2D eigenvalue weighted by Gasteiger charge is 2.32. The number of nitrogens with one attached hydrogen (secondary N) is 1. The van der Waals surface area contributed by atoms with Gasteiger partial charge >= 0.3 is 0 Å². The van der Waals surface area contributed by atoms with Gasteiger partial charge in [-0.1, -0.05) is 51.0 Å². The standard InChI is InChI=1S/C20H31N/c1-15-12-13-18(14-16(15)2)21-20-11-7-6-10-19(20)17-8-4-3-5-9-17/h12-14,17,19-21H,3-11H2,1-2H3. The van der Waals surface area contributed by atoms with Gasteiger partial charge in [-0.05, 0) is 61.8 Å². The van der Waals surface area contributed by atoms with E-state index in [-0.39, 0.29) is 0 Å². The van der Waals surface area contributed by atoms with Crippen LogP contribution < -0.4 is 5.32 Å². The van der Waals surface area contributed by atoms with Crippen molar-refractivity contribution < 1.29 is 0 Å². The van der Waals surface area contributed by atoms with Crippen molar-refractivity contribution in [3.8, 4) is 0 Å². The van der Waals surface area contributed by atoms with Crippen LogP contribution in [0.25, 0.3) is 0 Å². The summed E-state index contributed by atoms with van der Waals surface area (Å²) in [6.45, 7) is 4.42. The fourth-order valence-corrected chi connectivity index (χ4v) is 4.51. The Morgan fingerprint density at radius 2 is 1.52 bits per heavy atom. The van der Waals surface area contributed by atoms with Gasteiger partial charge in [0.1, 0.15) is 0 Å². The summed E-state index contributed by atoms with van der Waals surface area (Å²) in [5.41, 5.74) is 4.14. The lowest BCUT2D eigenvalue weighted by Crippen LogP contribution is -2.37.